The summed E-state index contributed by atoms with van der Waals surface area (Å²) in [6, 6.07) is 5.63. The first-order valence-electron chi connectivity index (χ1n) is 9.41. The molecule has 1 saturated heterocycles. The predicted octanol–water partition coefficient (Wildman–Crippen LogP) is 2.85. The second-order valence-corrected chi connectivity index (χ2v) is 6.92. The number of carbonyl (C=O) groups is 1. The van der Waals surface area contributed by atoms with Gasteiger partial charge in [-0.05, 0) is 37.5 Å². The lowest BCUT2D eigenvalue weighted by molar-refractivity contribution is -0.159. The van der Waals surface area contributed by atoms with Gasteiger partial charge < -0.3 is 19.9 Å². The second-order valence-electron chi connectivity index (χ2n) is 6.92. The van der Waals surface area contributed by atoms with Gasteiger partial charge in [0.15, 0.2) is 0 Å². The van der Waals surface area contributed by atoms with Crippen molar-refractivity contribution in [3.63, 3.8) is 0 Å². The van der Waals surface area contributed by atoms with E-state index in [0.717, 1.165) is 24.8 Å². The zero-order chi connectivity index (χ0) is 18.9. The molecule has 1 aromatic carbocycles. The Labute approximate surface area is 155 Å². The molecule has 1 aliphatic rings. The molecule has 146 valence electrons. The van der Waals surface area contributed by atoms with Crippen molar-refractivity contribution in [1.82, 2.24) is 0 Å². The zero-order valence-electron chi connectivity index (χ0n) is 15.7. The van der Waals surface area contributed by atoms with Crippen LogP contribution in [0.4, 0.5) is 4.39 Å². The zero-order valence-corrected chi connectivity index (χ0v) is 15.7. The fraction of sp³-hybridized carbons (Fsp3) is 0.650. The highest BCUT2D eigenvalue weighted by Gasteiger charge is 2.33. The first-order chi connectivity index (χ1) is 12.5. The Bertz CT molecular complexity index is 551. The van der Waals surface area contributed by atoms with Gasteiger partial charge in [0.25, 0.3) is 0 Å². The number of hydrogen-bond donors (Lipinski definition) is 1. The average molecular weight is 367 g/mol. The highest BCUT2D eigenvalue weighted by Crippen LogP contribution is 2.23. The predicted molar refractivity (Wildman–Crippen MR) is 97.2 cm³/mol. The first-order valence-corrected chi connectivity index (χ1v) is 9.41. The van der Waals surface area contributed by atoms with E-state index in [1.54, 1.807) is 12.1 Å². The molecule has 5 nitrogen and oxygen atoms in total. The quantitative estimate of drug-likeness (QED) is 0.593. The van der Waals surface area contributed by atoms with E-state index in [-0.39, 0.29) is 24.4 Å². The van der Waals surface area contributed by atoms with Gasteiger partial charge in [-0.2, -0.15) is 0 Å². The molecule has 2 rings (SSSR count). The van der Waals surface area contributed by atoms with Crippen molar-refractivity contribution in [1.29, 1.82) is 0 Å². The number of benzene rings is 1. The normalized spacial score (nSPS) is 27.3. The van der Waals surface area contributed by atoms with E-state index < -0.39 is 18.1 Å². The Morgan fingerprint density at radius 1 is 1.23 bits per heavy atom. The molecule has 0 aliphatic carbocycles. The summed E-state index contributed by atoms with van der Waals surface area (Å²) >= 11 is 0. The van der Waals surface area contributed by atoms with Crippen LogP contribution in [0.15, 0.2) is 24.3 Å². The molecule has 0 aromatic heterocycles. The van der Waals surface area contributed by atoms with E-state index in [1.807, 2.05) is 6.92 Å². The molecule has 1 fully saturated rings. The Kier molecular flexibility index (Phi) is 8.48. The van der Waals surface area contributed by atoms with Crippen molar-refractivity contribution < 1.29 is 23.4 Å². The molecule has 0 spiro atoms. The summed E-state index contributed by atoms with van der Waals surface area (Å²) in [7, 11) is 0. The first kappa shape index (κ1) is 20.8. The molecule has 0 saturated carbocycles. The summed E-state index contributed by atoms with van der Waals surface area (Å²) in [5.74, 6) is -0.752. The van der Waals surface area contributed by atoms with Crippen molar-refractivity contribution in [2.45, 2.75) is 57.8 Å². The van der Waals surface area contributed by atoms with E-state index in [2.05, 4.69) is 6.92 Å². The second kappa shape index (κ2) is 10.6. The number of halogens is 1. The molecule has 1 aromatic rings. The number of unbranched alkanes of at least 4 members (excludes halogenated alkanes) is 2. The fourth-order valence-corrected chi connectivity index (χ4v) is 3.17. The number of cyclic esters (lactones) is 1. The van der Waals surface area contributed by atoms with Crippen molar-refractivity contribution in [3.8, 4) is 0 Å². The monoisotopic (exact) mass is 367 g/mol. The van der Waals surface area contributed by atoms with Gasteiger partial charge >= 0.3 is 5.97 Å². The van der Waals surface area contributed by atoms with Crippen LogP contribution in [-0.2, 0) is 25.4 Å². The Hall–Kier alpha value is -1.50. The van der Waals surface area contributed by atoms with E-state index in [4.69, 9.17) is 19.9 Å². The van der Waals surface area contributed by atoms with Crippen molar-refractivity contribution in [3.05, 3.63) is 35.6 Å². The van der Waals surface area contributed by atoms with Crippen molar-refractivity contribution in [2.24, 2.45) is 11.7 Å². The van der Waals surface area contributed by atoms with Crippen LogP contribution < -0.4 is 5.73 Å². The Balaban J connectivity index is 2.13. The lowest BCUT2D eigenvalue weighted by Crippen LogP contribution is -2.42. The molecule has 0 radical (unpaired) electrons. The third-order valence-corrected chi connectivity index (χ3v) is 4.63. The SMILES string of the molecule is CCCCCOC1C(Cc2ccc(F)cc2)COCC(N)C(=O)OC1C. The summed E-state index contributed by atoms with van der Waals surface area (Å²) in [5, 5.41) is 0. The Morgan fingerprint density at radius 2 is 1.96 bits per heavy atom. The van der Waals surface area contributed by atoms with Crippen LogP contribution in [0.5, 0.6) is 0 Å². The van der Waals surface area contributed by atoms with Gasteiger partial charge in [-0.15, -0.1) is 0 Å². The highest BCUT2D eigenvalue weighted by molar-refractivity contribution is 5.75. The maximum atomic E-state index is 13.2. The van der Waals surface area contributed by atoms with Crippen LogP contribution in [-0.4, -0.2) is 44.0 Å². The molecule has 1 heterocycles. The van der Waals surface area contributed by atoms with Crippen LogP contribution in [0.25, 0.3) is 0 Å². The molecular formula is C20H30FNO4. The summed E-state index contributed by atoms with van der Waals surface area (Å²) in [6.07, 6.45) is 3.07. The minimum atomic E-state index is -0.789. The molecule has 4 unspecified atom stereocenters. The third kappa shape index (κ3) is 6.34. The number of carbonyl (C=O) groups excluding carboxylic acids is 1. The molecule has 26 heavy (non-hydrogen) atoms. The minimum absolute atomic E-state index is 0.0183. The van der Waals surface area contributed by atoms with Gasteiger partial charge in [0.2, 0.25) is 0 Å². The molecule has 1 aliphatic heterocycles. The maximum absolute atomic E-state index is 13.2. The molecule has 6 heteroatoms. The number of esters is 1. The van der Waals surface area contributed by atoms with E-state index in [0.29, 0.717) is 19.6 Å². The molecule has 2 N–H and O–H groups in total. The molecule has 4 atom stereocenters. The van der Waals surface area contributed by atoms with Gasteiger partial charge in [-0.3, -0.25) is 4.79 Å². The summed E-state index contributed by atoms with van der Waals surface area (Å²) in [5.41, 5.74) is 6.79. The van der Waals surface area contributed by atoms with Crippen molar-refractivity contribution >= 4 is 5.97 Å². The van der Waals surface area contributed by atoms with Gasteiger partial charge in [0.1, 0.15) is 18.0 Å². The standard InChI is InChI=1S/C20H30FNO4/c1-3-4-5-10-25-19-14(2)26-20(23)18(22)13-24-12-16(19)11-15-6-8-17(21)9-7-15/h6-9,14,16,18-19H,3-5,10-13,22H2,1-2H3. The molecular weight excluding hydrogens is 337 g/mol. The Morgan fingerprint density at radius 3 is 2.65 bits per heavy atom. The number of hydrogen-bond acceptors (Lipinski definition) is 5. The number of ether oxygens (including phenoxy) is 3. The summed E-state index contributed by atoms with van der Waals surface area (Å²) in [4.78, 5) is 12.0. The average Bonchev–Trinajstić information content (AvgIpc) is 2.66. The summed E-state index contributed by atoms with van der Waals surface area (Å²) < 4.78 is 30.5. The lowest BCUT2D eigenvalue weighted by atomic mass is 9.91. The fourth-order valence-electron chi connectivity index (χ4n) is 3.17. The van der Waals surface area contributed by atoms with Crippen LogP contribution in [0.2, 0.25) is 0 Å². The van der Waals surface area contributed by atoms with Crippen molar-refractivity contribution in [2.75, 3.05) is 19.8 Å². The summed E-state index contributed by atoms with van der Waals surface area (Å²) in [6.45, 7) is 5.10. The van der Waals surface area contributed by atoms with Gasteiger partial charge in [0, 0.05) is 12.5 Å². The smallest absolute Gasteiger partial charge is 0.325 e. The topological polar surface area (TPSA) is 70.8 Å². The van der Waals surface area contributed by atoms with Crippen LogP contribution in [0, 0.1) is 11.7 Å². The van der Waals surface area contributed by atoms with Crippen LogP contribution in [0.3, 0.4) is 0 Å². The van der Waals surface area contributed by atoms with Gasteiger partial charge in [-0.1, -0.05) is 31.9 Å². The van der Waals surface area contributed by atoms with Crippen LogP contribution in [0.1, 0.15) is 38.7 Å². The van der Waals surface area contributed by atoms with Gasteiger partial charge in [-0.25, -0.2) is 4.39 Å². The van der Waals surface area contributed by atoms with Crippen LogP contribution >= 0.6 is 0 Å². The lowest BCUT2D eigenvalue weighted by Gasteiger charge is -2.31. The highest BCUT2D eigenvalue weighted by atomic mass is 19.1. The third-order valence-electron chi connectivity index (χ3n) is 4.63. The van der Waals surface area contributed by atoms with E-state index >= 15 is 0 Å². The number of rotatable bonds is 7. The molecule has 0 amide bonds. The largest absolute Gasteiger partial charge is 0.459 e. The number of nitrogens with two attached hydrogens (primary N) is 1. The van der Waals surface area contributed by atoms with Gasteiger partial charge in [0.05, 0.1) is 19.3 Å². The minimum Gasteiger partial charge on any atom is -0.459 e. The van der Waals surface area contributed by atoms with E-state index in [9.17, 15) is 9.18 Å². The van der Waals surface area contributed by atoms with E-state index in [1.165, 1.54) is 12.1 Å². The maximum Gasteiger partial charge on any atom is 0.325 e. The molecule has 0 bridgehead atoms.